The molecule has 1 atom stereocenters. The Bertz CT molecular complexity index is 1090. The molecule has 0 saturated carbocycles. The van der Waals surface area contributed by atoms with Crippen LogP contribution in [0.5, 0.6) is 17.2 Å². The van der Waals surface area contributed by atoms with Crippen molar-refractivity contribution in [3.63, 3.8) is 0 Å². The zero-order valence-corrected chi connectivity index (χ0v) is 19.2. The molecule has 2 heterocycles. The van der Waals surface area contributed by atoms with E-state index in [0.29, 0.717) is 17.2 Å². The molecule has 1 saturated heterocycles. The maximum atomic E-state index is 5.95. The summed E-state index contributed by atoms with van der Waals surface area (Å²) < 4.78 is 24.8. The van der Waals surface area contributed by atoms with Gasteiger partial charge in [-0.3, -0.25) is 0 Å². The SMILES string of the molecule is COc1cc(-c2csc(=Nc3ccccc3C)n2CC2CCCO2)cc(OC)c1OC. The van der Waals surface area contributed by atoms with Gasteiger partial charge in [0.25, 0.3) is 0 Å². The summed E-state index contributed by atoms with van der Waals surface area (Å²) >= 11 is 1.62. The standard InChI is InChI=1S/C24H28N2O4S/c1-16-8-5-6-10-19(16)25-24-26(14-18-9-7-11-30-18)20(15-31-24)17-12-21(27-2)23(29-4)22(13-17)28-3/h5-6,8,10,12-13,15,18H,7,9,11,14H2,1-4H3. The van der Waals surface area contributed by atoms with Crippen LogP contribution in [0.15, 0.2) is 46.8 Å². The average Bonchev–Trinajstić information content (AvgIpc) is 3.45. The van der Waals surface area contributed by atoms with E-state index in [-0.39, 0.29) is 6.10 Å². The Labute approximate surface area is 186 Å². The van der Waals surface area contributed by atoms with Crippen molar-refractivity contribution in [2.24, 2.45) is 4.99 Å². The van der Waals surface area contributed by atoms with E-state index < -0.39 is 0 Å². The number of rotatable bonds is 7. The van der Waals surface area contributed by atoms with Gasteiger partial charge in [0, 0.05) is 17.6 Å². The van der Waals surface area contributed by atoms with E-state index in [9.17, 15) is 0 Å². The number of nitrogens with zero attached hydrogens (tertiary/aromatic N) is 2. The Morgan fingerprint density at radius 3 is 2.45 bits per heavy atom. The van der Waals surface area contributed by atoms with Crippen molar-refractivity contribution in [2.75, 3.05) is 27.9 Å². The maximum Gasteiger partial charge on any atom is 0.203 e. The first kappa shape index (κ1) is 21.5. The van der Waals surface area contributed by atoms with Gasteiger partial charge in [-0.05, 0) is 43.5 Å². The molecular weight excluding hydrogens is 412 g/mol. The third kappa shape index (κ3) is 4.48. The second-order valence-electron chi connectivity index (χ2n) is 7.46. The number of benzene rings is 2. The van der Waals surface area contributed by atoms with Crippen LogP contribution >= 0.6 is 11.3 Å². The van der Waals surface area contributed by atoms with E-state index in [1.165, 1.54) is 0 Å². The van der Waals surface area contributed by atoms with Crippen molar-refractivity contribution in [1.29, 1.82) is 0 Å². The molecule has 31 heavy (non-hydrogen) atoms. The van der Waals surface area contributed by atoms with Crippen LogP contribution in [0, 0.1) is 6.92 Å². The minimum Gasteiger partial charge on any atom is -0.493 e. The van der Waals surface area contributed by atoms with Gasteiger partial charge in [0.1, 0.15) is 0 Å². The van der Waals surface area contributed by atoms with Crippen molar-refractivity contribution in [3.05, 3.63) is 52.1 Å². The summed E-state index contributed by atoms with van der Waals surface area (Å²) in [6.07, 6.45) is 2.34. The zero-order chi connectivity index (χ0) is 21.8. The van der Waals surface area contributed by atoms with E-state index in [1.807, 2.05) is 30.3 Å². The second-order valence-corrected chi connectivity index (χ2v) is 8.30. The highest BCUT2D eigenvalue weighted by atomic mass is 32.1. The fraction of sp³-hybridized carbons (Fsp3) is 0.375. The summed E-state index contributed by atoms with van der Waals surface area (Å²) in [5.74, 6) is 1.84. The van der Waals surface area contributed by atoms with Gasteiger partial charge in [0.05, 0.1) is 45.4 Å². The monoisotopic (exact) mass is 440 g/mol. The van der Waals surface area contributed by atoms with Crippen molar-refractivity contribution in [2.45, 2.75) is 32.4 Å². The fourth-order valence-electron chi connectivity index (χ4n) is 3.84. The molecule has 0 spiro atoms. The predicted molar refractivity (Wildman–Crippen MR) is 123 cm³/mol. The summed E-state index contributed by atoms with van der Waals surface area (Å²) in [5, 5.41) is 2.13. The number of aromatic nitrogens is 1. The minimum atomic E-state index is 0.186. The highest BCUT2D eigenvalue weighted by molar-refractivity contribution is 7.07. The van der Waals surface area contributed by atoms with Gasteiger partial charge in [0.15, 0.2) is 16.3 Å². The molecule has 2 aromatic carbocycles. The van der Waals surface area contributed by atoms with Crippen molar-refractivity contribution < 1.29 is 18.9 Å². The van der Waals surface area contributed by atoms with Crippen LogP contribution in [0.3, 0.4) is 0 Å². The van der Waals surface area contributed by atoms with Crippen LogP contribution in [0.1, 0.15) is 18.4 Å². The largest absolute Gasteiger partial charge is 0.493 e. The minimum absolute atomic E-state index is 0.186. The molecule has 3 aromatic rings. The number of thiazole rings is 1. The molecule has 164 valence electrons. The van der Waals surface area contributed by atoms with E-state index in [2.05, 4.69) is 22.9 Å². The number of aryl methyl sites for hydroxylation is 1. The molecule has 6 nitrogen and oxygen atoms in total. The summed E-state index contributed by atoms with van der Waals surface area (Å²) in [7, 11) is 4.88. The maximum absolute atomic E-state index is 5.95. The molecule has 4 rings (SSSR count). The lowest BCUT2D eigenvalue weighted by atomic mass is 10.1. The predicted octanol–water partition coefficient (Wildman–Crippen LogP) is 4.96. The summed E-state index contributed by atoms with van der Waals surface area (Å²) in [4.78, 5) is 5.92. The smallest absolute Gasteiger partial charge is 0.203 e. The fourth-order valence-corrected chi connectivity index (χ4v) is 4.77. The number of ether oxygens (including phenoxy) is 4. The quantitative estimate of drug-likeness (QED) is 0.521. The van der Waals surface area contributed by atoms with Gasteiger partial charge in [-0.25, -0.2) is 4.99 Å². The molecule has 0 radical (unpaired) electrons. The van der Waals surface area contributed by atoms with Gasteiger partial charge >= 0.3 is 0 Å². The third-order valence-corrected chi connectivity index (χ3v) is 6.36. The Kier molecular flexibility index (Phi) is 6.63. The van der Waals surface area contributed by atoms with Gasteiger partial charge in [-0.1, -0.05) is 18.2 Å². The highest BCUT2D eigenvalue weighted by Gasteiger charge is 2.21. The molecule has 0 bridgehead atoms. The van der Waals surface area contributed by atoms with Crippen molar-refractivity contribution in [1.82, 2.24) is 4.57 Å². The lowest BCUT2D eigenvalue weighted by molar-refractivity contribution is 0.0968. The zero-order valence-electron chi connectivity index (χ0n) is 18.4. The van der Waals surface area contributed by atoms with Gasteiger partial charge < -0.3 is 23.5 Å². The molecule has 1 aliphatic heterocycles. The van der Waals surface area contributed by atoms with Gasteiger partial charge in [-0.2, -0.15) is 0 Å². The second kappa shape index (κ2) is 9.58. The van der Waals surface area contributed by atoms with E-state index in [0.717, 1.165) is 53.3 Å². The van der Waals surface area contributed by atoms with Crippen LogP contribution in [-0.2, 0) is 11.3 Å². The summed E-state index contributed by atoms with van der Waals surface area (Å²) in [6, 6.07) is 12.1. The van der Waals surface area contributed by atoms with Crippen LogP contribution < -0.4 is 19.0 Å². The molecule has 1 unspecified atom stereocenters. The first-order valence-electron chi connectivity index (χ1n) is 10.3. The highest BCUT2D eigenvalue weighted by Crippen LogP contribution is 2.41. The molecule has 7 heteroatoms. The molecular formula is C24H28N2O4S. The number of methoxy groups -OCH3 is 3. The topological polar surface area (TPSA) is 54.2 Å². The molecule has 1 fully saturated rings. The Morgan fingerprint density at radius 2 is 1.84 bits per heavy atom. The number of hydrogen-bond donors (Lipinski definition) is 0. The van der Waals surface area contributed by atoms with Crippen molar-refractivity contribution in [3.8, 4) is 28.5 Å². The lowest BCUT2D eigenvalue weighted by Gasteiger charge is -2.17. The van der Waals surface area contributed by atoms with E-state index in [4.69, 9.17) is 23.9 Å². The van der Waals surface area contributed by atoms with Crippen LogP contribution in [-0.4, -0.2) is 38.6 Å². The van der Waals surface area contributed by atoms with Crippen LogP contribution in [0.2, 0.25) is 0 Å². The molecule has 0 N–H and O–H groups in total. The number of hydrogen-bond acceptors (Lipinski definition) is 6. The van der Waals surface area contributed by atoms with E-state index in [1.54, 1.807) is 32.7 Å². The normalized spacial score (nSPS) is 16.5. The molecule has 0 amide bonds. The first-order chi connectivity index (χ1) is 15.1. The van der Waals surface area contributed by atoms with Gasteiger partial charge in [-0.15, -0.1) is 11.3 Å². The van der Waals surface area contributed by atoms with Gasteiger partial charge in [0.2, 0.25) is 5.75 Å². The van der Waals surface area contributed by atoms with Crippen LogP contribution in [0.4, 0.5) is 5.69 Å². The number of para-hydroxylation sites is 1. The lowest BCUT2D eigenvalue weighted by Crippen LogP contribution is -2.24. The Morgan fingerprint density at radius 1 is 1.10 bits per heavy atom. The van der Waals surface area contributed by atoms with Crippen LogP contribution in [0.25, 0.3) is 11.3 Å². The van der Waals surface area contributed by atoms with E-state index >= 15 is 0 Å². The average molecular weight is 441 g/mol. The molecule has 1 aromatic heterocycles. The first-order valence-corrected chi connectivity index (χ1v) is 11.2. The summed E-state index contributed by atoms with van der Waals surface area (Å²) in [5.41, 5.74) is 4.15. The third-order valence-electron chi connectivity index (χ3n) is 5.50. The van der Waals surface area contributed by atoms with Crippen molar-refractivity contribution >= 4 is 17.0 Å². The Hall–Kier alpha value is -2.77. The summed E-state index contributed by atoms with van der Waals surface area (Å²) in [6.45, 7) is 3.65. The molecule has 0 aliphatic carbocycles. The molecule has 1 aliphatic rings. The Balaban J connectivity index is 1.87.